The summed E-state index contributed by atoms with van der Waals surface area (Å²) in [4.78, 5) is 16.5. The number of carbonyl (C=O) groups is 1. The van der Waals surface area contributed by atoms with E-state index in [1.807, 2.05) is 25.2 Å². The quantitative estimate of drug-likeness (QED) is 0.854. The molecule has 3 atom stereocenters. The Bertz CT molecular complexity index is 728. The zero-order chi connectivity index (χ0) is 18.0. The van der Waals surface area contributed by atoms with Crippen LogP contribution in [0.2, 0.25) is 0 Å². The topological polar surface area (TPSA) is 32.3 Å². The minimum atomic E-state index is -0.263. The molecular weight excluding hydrogens is 335 g/mol. The summed E-state index contributed by atoms with van der Waals surface area (Å²) in [5.41, 5.74) is 2.29. The Labute approximate surface area is 152 Å². The van der Waals surface area contributed by atoms with E-state index < -0.39 is 0 Å². The maximum Gasteiger partial charge on any atom is 0.237 e. The normalized spacial score (nSPS) is 19.9. The van der Waals surface area contributed by atoms with Gasteiger partial charge in [-0.15, -0.1) is 11.3 Å². The van der Waals surface area contributed by atoms with Gasteiger partial charge >= 0.3 is 0 Å². The van der Waals surface area contributed by atoms with Crippen molar-refractivity contribution < 1.29 is 9.18 Å². The number of nitrogens with zero attached hydrogens (tertiary/aromatic N) is 1. The van der Waals surface area contributed by atoms with Crippen molar-refractivity contribution in [3.63, 3.8) is 0 Å². The average molecular weight is 360 g/mol. The number of nitrogens with one attached hydrogen (secondary N) is 1. The third-order valence-electron chi connectivity index (χ3n) is 5.13. The van der Waals surface area contributed by atoms with Gasteiger partial charge in [0.15, 0.2) is 0 Å². The molecular formula is C20H25FN2OS. The van der Waals surface area contributed by atoms with E-state index in [4.69, 9.17) is 0 Å². The molecule has 1 aliphatic rings. The Hall–Kier alpha value is -1.72. The van der Waals surface area contributed by atoms with E-state index in [-0.39, 0.29) is 23.8 Å². The summed E-state index contributed by atoms with van der Waals surface area (Å²) in [6.45, 7) is 7.00. The average Bonchev–Trinajstić information content (AvgIpc) is 3.09. The molecule has 0 unspecified atom stereocenters. The first-order valence-corrected chi connectivity index (χ1v) is 9.77. The van der Waals surface area contributed by atoms with Gasteiger partial charge in [0, 0.05) is 17.5 Å². The third-order valence-corrected chi connectivity index (χ3v) is 6.13. The van der Waals surface area contributed by atoms with E-state index in [1.54, 1.807) is 12.1 Å². The van der Waals surface area contributed by atoms with Crippen LogP contribution in [0.1, 0.15) is 55.3 Å². The predicted octanol–water partition coefficient (Wildman–Crippen LogP) is 4.46. The number of amides is 1. The molecule has 5 heteroatoms. The van der Waals surface area contributed by atoms with Crippen molar-refractivity contribution in [2.45, 2.75) is 51.7 Å². The highest BCUT2D eigenvalue weighted by atomic mass is 32.1. The van der Waals surface area contributed by atoms with Crippen LogP contribution >= 0.6 is 11.3 Å². The second-order valence-electron chi connectivity index (χ2n) is 6.67. The van der Waals surface area contributed by atoms with Crippen LogP contribution in [0.25, 0.3) is 0 Å². The Morgan fingerprint density at radius 2 is 2.04 bits per heavy atom. The van der Waals surface area contributed by atoms with E-state index in [9.17, 15) is 9.18 Å². The molecule has 0 aliphatic carbocycles. The number of fused-ring (bicyclic) bond motifs is 1. The van der Waals surface area contributed by atoms with Crippen LogP contribution in [0.4, 0.5) is 4.39 Å². The van der Waals surface area contributed by atoms with Crippen LogP contribution in [0.3, 0.4) is 0 Å². The number of hydrogen-bond donors (Lipinski definition) is 1. The molecule has 3 nitrogen and oxygen atoms in total. The summed E-state index contributed by atoms with van der Waals surface area (Å²) < 4.78 is 13.1. The lowest BCUT2D eigenvalue weighted by Gasteiger charge is -2.39. The highest BCUT2D eigenvalue weighted by Gasteiger charge is 2.33. The van der Waals surface area contributed by atoms with Crippen LogP contribution in [0, 0.1) is 5.82 Å². The van der Waals surface area contributed by atoms with Gasteiger partial charge in [-0.05, 0) is 61.4 Å². The SMILES string of the molecule is CC[C@@H]1c2ccsc2CCN1[C@H](C)C(=O)N[C@@H](C)c1ccc(F)cc1. The molecule has 1 aromatic heterocycles. The lowest BCUT2D eigenvalue weighted by Crippen LogP contribution is -2.49. The number of benzene rings is 1. The van der Waals surface area contributed by atoms with Crippen molar-refractivity contribution in [1.82, 2.24) is 10.2 Å². The highest BCUT2D eigenvalue weighted by molar-refractivity contribution is 7.10. The summed E-state index contributed by atoms with van der Waals surface area (Å²) in [6, 6.07) is 8.46. The molecule has 2 heterocycles. The number of carbonyl (C=O) groups excluding carboxylic acids is 1. The van der Waals surface area contributed by atoms with Gasteiger partial charge in [-0.1, -0.05) is 19.1 Å². The molecule has 0 saturated carbocycles. The maximum absolute atomic E-state index is 13.1. The van der Waals surface area contributed by atoms with Crippen molar-refractivity contribution in [1.29, 1.82) is 0 Å². The zero-order valence-corrected chi connectivity index (χ0v) is 15.8. The van der Waals surface area contributed by atoms with Crippen LogP contribution in [-0.4, -0.2) is 23.4 Å². The second-order valence-corrected chi connectivity index (χ2v) is 7.67. The van der Waals surface area contributed by atoms with E-state index in [0.717, 1.165) is 24.9 Å². The first-order valence-electron chi connectivity index (χ1n) is 8.89. The molecule has 0 saturated heterocycles. The summed E-state index contributed by atoms with van der Waals surface area (Å²) in [5.74, 6) is -0.240. The monoisotopic (exact) mass is 360 g/mol. The standard InChI is InChI=1S/C20H25FN2OS/c1-4-18-17-10-12-25-19(17)9-11-23(18)14(3)20(24)22-13(2)15-5-7-16(21)8-6-15/h5-8,10,12-14,18H,4,9,11H2,1-3H3,(H,22,24)/t13-,14+,18+/m0/s1. The van der Waals surface area contributed by atoms with Gasteiger partial charge < -0.3 is 5.32 Å². The molecule has 134 valence electrons. The first kappa shape index (κ1) is 18.1. The van der Waals surface area contributed by atoms with Crippen LogP contribution in [0.5, 0.6) is 0 Å². The van der Waals surface area contributed by atoms with Gasteiger partial charge in [0.05, 0.1) is 12.1 Å². The van der Waals surface area contributed by atoms with Gasteiger partial charge in [-0.3, -0.25) is 9.69 Å². The van der Waals surface area contributed by atoms with E-state index in [2.05, 4.69) is 28.6 Å². The summed E-state index contributed by atoms with van der Waals surface area (Å²) >= 11 is 1.82. The Kier molecular flexibility index (Phi) is 5.54. The highest BCUT2D eigenvalue weighted by Crippen LogP contribution is 2.36. The summed E-state index contributed by atoms with van der Waals surface area (Å²) in [6.07, 6.45) is 2.00. The second kappa shape index (κ2) is 7.67. The van der Waals surface area contributed by atoms with Crippen LogP contribution in [-0.2, 0) is 11.2 Å². The van der Waals surface area contributed by atoms with Crippen LogP contribution in [0.15, 0.2) is 35.7 Å². The minimum Gasteiger partial charge on any atom is -0.348 e. The number of hydrogen-bond acceptors (Lipinski definition) is 3. The van der Waals surface area contributed by atoms with Crippen molar-refractivity contribution in [3.05, 3.63) is 57.5 Å². The van der Waals surface area contributed by atoms with Crippen molar-refractivity contribution in [2.24, 2.45) is 0 Å². The van der Waals surface area contributed by atoms with Gasteiger partial charge in [0.2, 0.25) is 5.91 Å². The zero-order valence-electron chi connectivity index (χ0n) is 15.0. The molecule has 1 amide bonds. The van der Waals surface area contributed by atoms with Gasteiger partial charge in [0.1, 0.15) is 5.82 Å². The fourth-order valence-electron chi connectivity index (χ4n) is 3.65. The maximum atomic E-state index is 13.1. The Morgan fingerprint density at radius 1 is 1.32 bits per heavy atom. The fraction of sp³-hybridized carbons (Fsp3) is 0.450. The van der Waals surface area contributed by atoms with Gasteiger partial charge in [-0.2, -0.15) is 0 Å². The molecule has 25 heavy (non-hydrogen) atoms. The fourth-order valence-corrected chi connectivity index (χ4v) is 4.58. The molecule has 3 rings (SSSR count). The van der Waals surface area contributed by atoms with E-state index in [1.165, 1.54) is 22.6 Å². The molecule has 1 N–H and O–H groups in total. The molecule has 1 aromatic carbocycles. The Morgan fingerprint density at radius 3 is 2.72 bits per heavy atom. The van der Waals surface area contributed by atoms with Crippen LogP contribution < -0.4 is 5.32 Å². The number of rotatable bonds is 5. The lowest BCUT2D eigenvalue weighted by molar-refractivity contribution is -0.127. The van der Waals surface area contributed by atoms with Gasteiger partial charge in [-0.25, -0.2) is 4.39 Å². The lowest BCUT2D eigenvalue weighted by atomic mass is 9.96. The molecule has 1 aliphatic heterocycles. The summed E-state index contributed by atoms with van der Waals surface area (Å²) in [5, 5.41) is 5.23. The molecule has 0 bridgehead atoms. The first-order chi connectivity index (χ1) is 12.0. The number of halogens is 1. The molecule has 0 fully saturated rings. The third kappa shape index (κ3) is 3.77. The Balaban J connectivity index is 1.68. The van der Waals surface area contributed by atoms with Gasteiger partial charge in [0.25, 0.3) is 0 Å². The summed E-state index contributed by atoms with van der Waals surface area (Å²) in [7, 11) is 0. The van der Waals surface area contributed by atoms with Crippen molar-refractivity contribution >= 4 is 17.2 Å². The largest absolute Gasteiger partial charge is 0.348 e. The number of thiophene rings is 1. The van der Waals surface area contributed by atoms with E-state index >= 15 is 0 Å². The smallest absolute Gasteiger partial charge is 0.237 e. The van der Waals surface area contributed by atoms with E-state index in [0.29, 0.717) is 6.04 Å². The molecule has 2 aromatic rings. The predicted molar refractivity (Wildman–Crippen MR) is 100 cm³/mol. The molecule has 0 spiro atoms. The van der Waals surface area contributed by atoms with Crippen molar-refractivity contribution in [2.75, 3.05) is 6.54 Å². The molecule has 0 radical (unpaired) electrons. The minimum absolute atomic E-state index is 0.0222. The van der Waals surface area contributed by atoms with Crippen molar-refractivity contribution in [3.8, 4) is 0 Å².